The fraction of sp³-hybridized carbons (Fsp3) is 0.545. The van der Waals surface area contributed by atoms with E-state index in [1.165, 1.54) is 18.2 Å². The van der Waals surface area contributed by atoms with Crippen LogP contribution in [0.25, 0.3) is 0 Å². The summed E-state index contributed by atoms with van der Waals surface area (Å²) in [5, 5.41) is 10.9. The van der Waals surface area contributed by atoms with Gasteiger partial charge in [-0.3, -0.25) is 29.4 Å². The van der Waals surface area contributed by atoms with Crippen LogP contribution in [0.2, 0.25) is 0 Å². The lowest BCUT2D eigenvalue weighted by Gasteiger charge is -2.28. The summed E-state index contributed by atoms with van der Waals surface area (Å²) in [6.45, 7) is 2.76. The van der Waals surface area contributed by atoms with E-state index < -0.39 is 47.1 Å². The molecule has 11 heteroatoms. The second kappa shape index (κ2) is 8.90. The molecule has 2 bridgehead atoms. The Balaban J connectivity index is 1.49. The predicted octanol–water partition coefficient (Wildman–Crippen LogP) is 3.12. The highest BCUT2D eigenvalue weighted by Gasteiger charge is 2.67. The number of hydrogen-bond donors (Lipinski definition) is 0. The van der Waals surface area contributed by atoms with Crippen LogP contribution in [0.3, 0.4) is 0 Å². The Labute approximate surface area is 206 Å². The first kappa shape index (κ1) is 24.0. The van der Waals surface area contributed by atoms with Crippen LogP contribution in [0, 0.1) is 39.7 Å². The van der Waals surface area contributed by atoms with Crippen molar-refractivity contribution >= 4 is 61.1 Å². The Morgan fingerprint density at radius 1 is 1.15 bits per heavy atom. The molecule has 2 aliphatic carbocycles. The van der Waals surface area contributed by atoms with Crippen molar-refractivity contribution in [3.05, 3.63) is 39.9 Å². The van der Waals surface area contributed by atoms with Crippen molar-refractivity contribution in [2.24, 2.45) is 29.6 Å². The standard InChI is InChI=1S/C22H22Br2N2O7/c1-9(2)19(22(30)33-8-14(27)10-4-3-5-11(6-10)26(31)32)25-20(28)15-12-7-13(16(15)21(25)29)18(24)17(12)23/h3-6,9,12-13,15-19H,7-8H2,1-2H3/t12-,13-,15-,16-,17-,18+,19-/m0/s1. The summed E-state index contributed by atoms with van der Waals surface area (Å²) in [4.78, 5) is 63.5. The second-order valence-electron chi connectivity index (χ2n) is 9.08. The van der Waals surface area contributed by atoms with Gasteiger partial charge >= 0.3 is 5.97 Å². The molecule has 1 aromatic carbocycles. The Morgan fingerprint density at radius 3 is 2.24 bits per heavy atom. The summed E-state index contributed by atoms with van der Waals surface area (Å²) in [5.74, 6) is -3.48. The molecule has 1 saturated heterocycles. The average molecular weight is 586 g/mol. The number of alkyl halides is 2. The van der Waals surface area contributed by atoms with Crippen molar-refractivity contribution in [3.63, 3.8) is 0 Å². The number of carbonyl (C=O) groups is 4. The minimum absolute atomic E-state index is 0.0186. The van der Waals surface area contributed by atoms with E-state index in [9.17, 15) is 29.3 Å². The second-order valence-corrected chi connectivity index (χ2v) is 11.2. The summed E-state index contributed by atoms with van der Waals surface area (Å²) >= 11 is 7.27. The molecule has 0 aromatic heterocycles. The zero-order valence-electron chi connectivity index (χ0n) is 17.9. The summed E-state index contributed by atoms with van der Waals surface area (Å²) in [7, 11) is 0. The zero-order chi connectivity index (χ0) is 24.2. The molecule has 9 nitrogen and oxygen atoms in total. The molecule has 2 saturated carbocycles. The van der Waals surface area contributed by atoms with E-state index in [1.54, 1.807) is 13.8 Å². The molecule has 176 valence electrons. The van der Waals surface area contributed by atoms with Gasteiger partial charge in [0.15, 0.2) is 6.61 Å². The van der Waals surface area contributed by atoms with Gasteiger partial charge < -0.3 is 4.74 Å². The van der Waals surface area contributed by atoms with E-state index in [2.05, 4.69) is 31.9 Å². The summed E-state index contributed by atoms with van der Waals surface area (Å²) in [6, 6.07) is 3.97. The smallest absolute Gasteiger partial charge is 0.330 e. The van der Waals surface area contributed by atoms with Crippen molar-refractivity contribution < 1.29 is 28.8 Å². The molecular weight excluding hydrogens is 564 g/mol. The number of rotatable bonds is 7. The van der Waals surface area contributed by atoms with Crippen LogP contribution in [0.5, 0.6) is 0 Å². The van der Waals surface area contributed by atoms with Crippen molar-refractivity contribution in [2.45, 2.75) is 36.0 Å². The van der Waals surface area contributed by atoms with Crippen LogP contribution in [-0.2, 0) is 19.1 Å². The molecule has 0 spiro atoms. The minimum atomic E-state index is -1.14. The minimum Gasteiger partial charge on any atom is -0.456 e. The van der Waals surface area contributed by atoms with Gasteiger partial charge in [0.1, 0.15) is 6.04 Å². The van der Waals surface area contributed by atoms with Crippen LogP contribution in [0.1, 0.15) is 30.6 Å². The van der Waals surface area contributed by atoms with Crippen molar-refractivity contribution in [2.75, 3.05) is 6.61 Å². The predicted molar refractivity (Wildman–Crippen MR) is 123 cm³/mol. The molecule has 0 radical (unpaired) electrons. The normalized spacial score (nSPS) is 31.1. The Bertz CT molecular complexity index is 1010. The van der Waals surface area contributed by atoms with Gasteiger partial charge in [-0.1, -0.05) is 57.8 Å². The van der Waals surface area contributed by atoms with Crippen LogP contribution in [0.4, 0.5) is 5.69 Å². The maximum atomic E-state index is 13.3. The van der Waals surface area contributed by atoms with Crippen molar-refractivity contribution in [3.8, 4) is 0 Å². The molecular formula is C22H22Br2N2O7. The molecule has 1 aromatic rings. The number of likely N-dealkylation sites (tertiary alicyclic amines) is 1. The molecule has 33 heavy (non-hydrogen) atoms. The number of ketones is 1. The lowest BCUT2D eigenvalue weighted by atomic mass is 9.81. The fourth-order valence-electron chi connectivity index (χ4n) is 5.42. The Kier molecular flexibility index (Phi) is 6.47. The quantitative estimate of drug-likeness (QED) is 0.120. The highest BCUT2D eigenvalue weighted by atomic mass is 79.9. The van der Waals surface area contributed by atoms with E-state index in [0.717, 1.165) is 17.4 Å². The third kappa shape index (κ3) is 3.92. The third-order valence-corrected chi connectivity index (χ3v) is 10.1. The number of imide groups is 1. The number of Topliss-reactive ketones (excluding diaryl/α,β-unsaturated/α-hetero) is 1. The van der Waals surface area contributed by atoms with Gasteiger partial charge in [-0.05, 0) is 24.2 Å². The van der Waals surface area contributed by atoms with E-state index >= 15 is 0 Å². The molecule has 3 aliphatic rings. The molecule has 2 amide bonds. The van der Waals surface area contributed by atoms with Gasteiger partial charge in [0, 0.05) is 27.4 Å². The number of ether oxygens (including phenoxy) is 1. The van der Waals surface area contributed by atoms with Crippen LogP contribution >= 0.6 is 31.9 Å². The van der Waals surface area contributed by atoms with E-state index in [4.69, 9.17) is 4.74 Å². The number of esters is 1. The lowest BCUT2D eigenvalue weighted by molar-refractivity contribution is -0.384. The molecule has 1 heterocycles. The summed E-state index contributed by atoms with van der Waals surface area (Å²) in [6.07, 6.45) is 0.779. The molecule has 4 rings (SSSR count). The van der Waals surface area contributed by atoms with Gasteiger partial charge in [0.2, 0.25) is 17.6 Å². The Morgan fingerprint density at radius 2 is 1.73 bits per heavy atom. The van der Waals surface area contributed by atoms with Gasteiger partial charge in [0.05, 0.1) is 16.8 Å². The number of benzene rings is 1. The number of halogens is 2. The number of nitro groups is 1. The maximum Gasteiger partial charge on any atom is 0.330 e. The van der Waals surface area contributed by atoms with Gasteiger partial charge in [0.25, 0.3) is 5.69 Å². The fourth-order valence-corrected chi connectivity index (χ4v) is 7.29. The molecule has 0 N–H and O–H groups in total. The molecule has 7 atom stereocenters. The largest absolute Gasteiger partial charge is 0.456 e. The monoisotopic (exact) mass is 584 g/mol. The molecule has 1 aliphatic heterocycles. The third-order valence-electron chi connectivity index (χ3n) is 6.90. The highest BCUT2D eigenvalue weighted by Crippen LogP contribution is 2.60. The summed E-state index contributed by atoms with van der Waals surface area (Å²) in [5.41, 5.74) is -0.221. The first-order chi connectivity index (χ1) is 15.5. The van der Waals surface area contributed by atoms with E-state index in [0.29, 0.717) is 0 Å². The van der Waals surface area contributed by atoms with Crippen LogP contribution < -0.4 is 0 Å². The van der Waals surface area contributed by atoms with Crippen LogP contribution in [0.15, 0.2) is 24.3 Å². The van der Waals surface area contributed by atoms with Gasteiger partial charge in [-0.2, -0.15) is 0 Å². The van der Waals surface area contributed by atoms with E-state index in [1.807, 2.05) is 0 Å². The maximum absolute atomic E-state index is 13.3. The summed E-state index contributed by atoms with van der Waals surface area (Å²) < 4.78 is 5.20. The SMILES string of the molecule is CC(C)[C@@H](C(=O)OCC(=O)c1cccc([N+](=O)[O-])c1)N1C(=O)[C@H]2[C@@H]3C[C@H]([C@@H](Br)[C@H]3Br)[C@@H]2C1=O. The first-order valence-corrected chi connectivity index (χ1v) is 12.5. The zero-order valence-corrected chi connectivity index (χ0v) is 21.0. The number of hydrogen-bond acceptors (Lipinski definition) is 7. The van der Waals surface area contributed by atoms with Gasteiger partial charge in [-0.15, -0.1) is 0 Å². The van der Waals surface area contributed by atoms with Crippen LogP contribution in [-0.4, -0.2) is 55.7 Å². The highest BCUT2D eigenvalue weighted by molar-refractivity contribution is 9.12. The average Bonchev–Trinajstić information content (AvgIpc) is 3.38. The molecule has 0 unspecified atom stereocenters. The van der Waals surface area contributed by atoms with Crippen molar-refractivity contribution in [1.29, 1.82) is 0 Å². The number of fused-ring (bicyclic) bond motifs is 5. The number of nitro benzene ring substituents is 1. The number of carbonyl (C=O) groups excluding carboxylic acids is 4. The number of nitrogens with zero attached hydrogens (tertiary/aromatic N) is 2. The lowest BCUT2D eigenvalue weighted by Crippen LogP contribution is -2.50. The first-order valence-electron chi connectivity index (χ1n) is 10.6. The van der Waals surface area contributed by atoms with Crippen molar-refractivity contribution in [1.82, 2.24) is 4.90 Å². The van der Waals surface area contributed by atoms with Gasteiger partial charge in [-0.25, -0.2) is 4.79 Å². The van der Waals surface area contributed by atoms with E-state index in [-0.39, 0.29) is 44.6 Å². The molecule has 3 fully saturated rings. The number of non-ortho nitro benzene ring substituents is 1. The topological polar surface area (TPSA) is 124 Å². The number of amides is 2. The Hall–Kier alpha value is -2.14.